The van der Waals surface area contributed by atoms with Crippen LogP contribution in [0.3, 0.4) is 0 Å². The van der Waals surface area contributed by atoms with Gasteiger partial charge in [-0.2, -0.15) is 0 Å². The molecule has 1 aliphatic rings. The number of carbonyl (C=O) groups is 1. The van der Waals surface area contributed by atoms with Crippen molar-refractivity contribution in [2.45, 2.75) is 26.0 Å². The number of ether oxygens (including phenoxy) is 1. The van der Waals surface area contributed by atoms with E-state index in [-0.39, 0.29) is 11.5 Å². The zero-order chi connectivity index (χ0) is 13.2. The number of amides is 1. The summed E-state index contributed by atoms with van der Waals surface area (Å²) in [6.45, 7) is 6.68. The summed E-state index contributed by atoms with van der Waals surface area (Å²) >= 11 is 0. The maximum absolute atomic E-state index is 12.2. The van der Waals surface area contributed by atoms with Crippen LogP contribution < -0.4 is 5.73 Å². The standard InChI is InChI=1S/C11H19N5O2/c1-11(2)8-15(5-6-18-11)10(17)9-7-16(4-3-12)14-13-9/h7H,3-6,8,12H2,1-2H3. The predicted octanol–water partition coefficient (Wildman–Crippen LogP) is -0.512. The van der Waals surface area contributed by atoms with Gasteiger partial charge in [0.25, 0.3) is 5.91 Å². The van der Waals surface area contributed by atoms with E-state index in [2.05, 4.69) is 10.3 Å². The van der Waals surface area contributed by atoms with E-state index in [1.54, 1.807) is 15.8 Å². The number of morpholine rings is 1. The van der Waals surface area contributed by atoms with Crippen molar-refractivity contribution in [2.24, 2.45) is 5.73 Å². The van der Waals surface area contributed by atoms with Crippen molar-refractivity contribution in [3.8, 4) is 0 Å². The molecule has 0 aromatic carbocycles. The van der Waals surface area contributed by atoms with Crippen molar-refractivity contribution in [1.29, 1.82) is 0 Å². The quantitative estimate of drug-likeness (QED) is 0.784. The molecule has 1 aliphatic heterocycles. The van der Waals surface area contributed by atoms with Gasteiger partial charge in [-0.1, -0.05) is 5.21 Å². The number of nitrogens with two attached hydrogens (primary N) is 1. The minimum atomic E-state index is -0.304. The molecular formula is C11H19N5O2. The van der Waals surface area contributed by atoms with Crippen LogP contribution in [0.4, 0.5) is 0 Å². The van der Waals surface area contributed by atoms with E-state index >= 15 is 0 Å². The Kier molecular flexibility index (Phi) is 3.63. The van der Waals surface area contributed by atoms with Gasteiger partial charge in [-0.15, -0.1) is 5.10 Å². The molecule has 0 radical (unpaired) electrons. The number of aromatic nitrogens is 3. The lowest BCUT2D eigenvalue weighted by atomic mass is 10.1. The molecule has 1 amide bonds. The molecule has 2 rings (SSSR count). The minimum Gasteiger partial charge on any atom is -0.372 e. The third-order valence-corrected chi connectivity index (χ3v) is 2.83. The van der Waals surface area contributed by atoms with E-state index in [0.717, 1.165) is 0 Å². The maximum atomic E-state index is 12.2. The molecule has 0 aliphatic carbocycles. The number of nitrogens with zero attached hydrogens (tertiary/aromatic N) is 4. The summed E-state index contributed by atoms with van der Waals surface area (Å²) in [5.74, 6) is -0.102. The second kappa shape index (κ2) is 5.03. The third-order valence-electron chi connectivity index (χ3n) is 2.83. The molecule has 1 aromatic heterocycles. The van der Waals surface area contributed by atoms with Crippen LogP contribution in [0.25, 0.3) is 0 Å². The second-order valence-electron chi connectivity index (χ2n) is 4.99. The van der Waals surface area contributed by atoms with Crippen LogP contribution >= 0.6 is 0 Å². The fourth-order valence-electron chi connectivity index (χ4n) is 1.99. The van der Waals surface area contributed by atoms with Gasteiger partial charge in [0.15, 0.2) is 5.69 Å². The van der Waals surface area contributed by atoms with E-state index in [4.69, 9.17) is 10.5 Å². The monoisotopic (exact) mass is 253 g/mol. The molecule has 0 unspecified atom stereocenters. The molecule has 1 aromatic rings. The molecule has 18 heavy (non-hydrogen) atoms. The highest BCUT2D eigenvalue weighted by Gasteiger charge is 2.31. The summed E-state index contributed by atoms with van der Waals surface area (Å²) in [5, 5.41) is 7.75. The Morgan fingerprint density at radius 3 is 3.06 bits per heavy atom. The minimum absolute atomic E-state index is 0.102. The normalized spacial score (nSPS) is 18.9. The fourth-order valence-corrected chi connectivity index (χ4v) is 1.99. The molecule has 1 fully saturated rings. The predicted molar refractivity (Wildman–Crippen MR) is 65.0 cm³/mol. The lowest BCUT2D eigenvalue weighted by molar-refractivity contribution is -0.0765. The number of carbonyl (C=O) groups excluding carboxylic acids is 1. The maximum Gasteiger partial charge on any atom is 0.276 e. The van der Waals surface area contributed by atoms with Crippen molar-refractivity contribution in [3.63, 3.8) is 0 Å². The van der Waals surface area contributed by atoms with Gasteiger partial charge in [0.05, 0.1) is 24.9 Å². The van der Waals surface area contributed by atoms with Crippen LogP contribution in [-0.4, -0.2) is 57.6 Å². The molecule has 7 heteroatoms. The Labute approximate surface area is 106 Å². The summed E-state index contributed by atoms with van der Waals surface area (Å²) in [7, 11) is 0. The van der Waals surface area contributed by atoms with Crippen LogP contribution in [0.2, 0.25) is 0 Å². The van der Waals surface area contributed by atoms with Gasteiger partial charge in [0.1, 0.15) is 0 Å². The largest absolute Gasteiger partial charge is 0.372 e. The van der Waals surface area contributed by atoms with Gasteiger partial charge >= 0.3 is 0 Å². The molecule has 0 bridgehead atoms. The zero-order valence-electron chi connectivity index (χ0n) is 10.8. The molecule has 2 N–H and O–H groups in total. The second-order valence-corrected chi connectivity index (χ2v) is 4.99. The van der Waals surface area contributed by atoms with Gasteiger partial charge in [-0.25, -0.2) is 0 Å². The van der Waals surface area contributed by atoms with Crippen LogP contribution in [-0.2, 0) is 11.3 Å². The molecular weight excluding hydrogens is 234 g/mol. The molecule has 0 spiro atoms. The average molecular weight is 253 g/mol. The number of hydrogen-bond donors (Lipinski definition) is 1. The van der Waals surface area contributed by atoms with E-state index in [1.165, 1.54) is 0 Å². The Hall–Kier alpha value is -1.47. The Morgan fingerprint density at radius 2 is 2.39 bits per heavy atom. The van der Waals surface area contributed by atoms with Crippen LogP contribution in [0.5, 0.6) is 0 Å². The lowest BCUT2D eigenvalue weighted by Gasteiger charge is -2.37. The van der Waals surface area contributed by atoms with Gasteiger partial charge in [0.2, 0.25) is 0 Å². The first-order valence-corrected chi connectivity index (χ1v) is 6.05. The lowest BCUT2D eigenvalue weighted by Crippen LogP contribution is -2.50. The first kappa shape index (κ1) is 13.0. The molecule has 100 valence electrons. The highest BCUT2D eigenvalue weighted by molar-refractivity contribution is 5.92. The summed E-state index contributed by atoms with van der Waals surface area (Å²) in [6.07, 6.45) is 1.64. The number of rotatable bonds is 3. The van der Waals surface area contributed by atoms with Gasteiger partial charge < -0.3 is 15.4 Å². The van der Waals surface area contributed by atoms with Crippen LogP contribution in [0.1, 0.15) is 24.3 Å². The first-order valence-electron chi connectivity index (χ1n) is 6.05. The fraction of sp³-hybridized carbons (Fsp3) is 0.727. The summed E-state index contributed by atoms with van der Waals surface area (Å²) in [4.78, 5) is 14.0. The topological polar surface area (TPSA) is 86.3 Å². The highest BCUT2D eigenvalue weighted by Crippen LogP contribution is 2.17. The van der Waals surface area contributed by atoms with Crippen LogP contribution in [0.15, 0.2) is 6.20 Å². The average Bonchev–Trinajstić information content (AvgIpc) is 2.76. The smallest absolute Gasteiger partial charge is 0.276 e. The third kappa shape index (κ3) is 2.85. The zero-order valence-corrected chi connectivity index (χ0v) is 10.8. The SMILES string of the molecule is CC1(C)CN(C(=O)c2cn(CCN)nn2)CCO1. The van der Waals surface area contributed by atoms with E-state index in [1.807, 2.05) is 13.8 Å². The van der Waals surface area contributed by atoms with Gasteiger partial charge in [0, 0.05) is 19.6 Å². The number of hydrogen-bond acceptors (Lipinski definition) is 5. The van der Waals surface area contributed by atoms with E-state index in [9.17, 15) is 4.79 Å². The van der Waals surface area contributed by atoms with Gasteiger partial charge in [-0.3, -0.25) is 9.48 Å². The summed E-state index contributed by atoms with van der Waals surface area (Å²) in [5.41, 5.74) is 5.48. The molecule has 1 saturated heterocycles. The Bertz CT molecular complexity index is 429. The van der Waals surface area contributed by atoms with Crippen molar-refractivity contribution >= 4 is 5.91 Å². The van der Waals surface area contributed by atoms with Crippen molar-refractivity contribution in [3.05, 3.63) is 11.9 Å². The Balaban J connectivity index is 2.05. The van der Waals surface area contributed by atoms with Crippen molar-refractivity contribution in [2.75, 3.05) is 26.2 Å². The van der Waals surface area contributed by atoms with Gasteiger partial charge in [-0.05, 0) is 13.8 Å². The van der Waals surface area contributed by atoms with E-state index in [0.29, 0.717) is 38.5 Å². The molecule has 0 saturated carbocycles. The first-order chi connectivity index (χ1) is 8.52. The van der Waals surface area contributed by atoms with E-state index < -0.39 is 0 Å². The molecule has 7 nitrogen and oxygen atoms in total. The van der Waals surface area contributed by atoms with Crippen LogP contribution in [0, 0.1) is 0 Å². The molecule has 0 atom stereocenters. The summed E-state index contributed by atoms with van der Waals surface area (Å²) in [6, 6.07) is 0. The molecule has 2 heterocycles. The highest BCUT2D eigenvalue weighted by atomic mass is 16.5. The van der Waals surface area contributed by atoms with Crippen molar-refractivity contribution in [1.82, 2.24) is 19.9 Å². The summed E-state index contributed by atoms with van der Waals surface area (Å²) < 4.78 is 7.16. The van der Waals surface area contributed by atoms with Crippen molar-refractivity contribution < 1.29 is 9.53 Å². The Morgan fingerprint density at radius 1 is 1.61 bits per heavy atom.